The quantitative estimate of drug-likeness (QED) is 0.0392. The molecule has 4 rings (SSSR count). The second-order valence-corrected chi connectivity index (χ2v) is 14.0. The van der Waals surface area contributed by atoms with Crippen molar-refractivity contribution in [2.24, 2.45) is 20.5 Å². The third-order valence-corrected chi connectivity index (χ3v) is 9.95. The van der Waals surface area contributed by atoms with Gasteiger partial charge >= 0.3 is 0 Å². The first kappa shape index (κ1) is 37.1. The lowest BCUT2D eigenvalue weighted by atomic mass is 10.1. The number of hydrogen-bond acceptors (Lipinski definition) is 10. The van der Waals surface area contributed by atoms with Crippen LogP contribution >= 0.6 is 21.6 Å². The van der Waals surface area contributed by atoms with Gasteiger partial charge in [0.15, 0.2) is 11.6 Å². The zero-order chi connectivity index (χ0) is 33.2. The monoisotopic (exact) mass is 684 g/mol. The summed E-state index contributed by atoms with van der Waals surface area (Å²) in [6, 6.07) is 26.6. The molecule has 0 unspecified atom stereocenters. The topological polar surface area (TPSA) is 93.7 Å². The average molecular weight is 685 g/mol. The van der Waals surface area contributed by atoms with Crippen LogP contribution in [0.2, 0.25) is 0 Å². The molecular weight excluding hydrogens is 637 g/mol. The standard InChI is InChI=1S/C38H48N6O2S2/c1(5-13-29-45-35-23-19-33(20-24-35)41-43-37-17-9-11-27-39-37)3-7-15-31-47-48-32-16-8-4-2-6-14-30-46-36-25-21-34(22-26-36)42-44-38-18-10-12-28-40-38/h9-12,17-28H,1-8,13-16,29-32H2. The van der Waals surface area contributed by atoms with Crippen molar-refractivity contribution in [3.05, 3.63) is 97.3 Å². The van der Waals surface area contributed by atoms with Crippen molar-refractivity contribution in [3.63, 3.8) is 0 Å². The molecule has 0 radical (unpaired) electrons. The molecule has 0 bridgehead atoms. The molecule has 0 saturated carbocycles. The molecule has 8 nitrogen and oxygen atoms in total. The minimum Gasteiger partial charge on any atom is -0.494 e. The summed E-state index contributed by atoms with van der Waals surface area (Å²) in [5, 5.41) is 16.7. The third kappa shape index (κ3) is 16.9. The van der Waals surface area contributed by atoms with E-state index in [2.05, 4.69) is 52.0 Å². The number of rotatable bonds is 25. The zero-order valence-corrected chi connectivity index (χ0v) is 29.5. The van der Waals surface area contributed by atoms with Gasteiger partial charge in [-0.25, -0.2) is 9.97 Å². The van der Waals surface area contributed by atoms with E-state index in [1.54, 1.807) is 12.4 Å². The van der Waals surface area contributed by atoms with E-state index >= 15 is 0 Å². The molecule has 0 amide bonds. The first-order chi connectivity index (χ1) is 23.8. The van der Waals surface area contributed by atoms with Crippen LogP contribution in [-0.4, -0.2) is 34.7 Å². The molecule has 0 aliphatic heterocycles. The van der Waals surface area contributed by atoms with Crippen LogP contribution in [0.1, 0.15) is 77.0 Å². The molecule has 2 heterocycles. The molecular formula is C38H48N6O2S2. The van der Waals surface area contributed by atoms with E-state index in [4.69, 9.17) is 9.47 Å². The van der Waals surface area contributed by atoms with Crippen LogP contribution in [-0.2, 0) is 0 Å². The lowest BCUT2D eigenvalue weighted by Gasteiger charge is -2.06. The van der Waals surface area contributed by atoms with Gasteiger partial charge in [0, 0.05) is 23.9 Å². The van der Waals surface area contributed by atoms with Gasteiger partial charge in [0.2, 0.25) is 0 Å². The van der Waals surface area contributed by atoms with Crippen LogP contribution < -0.4 is 9.47 Å². The van der Waals surface area contributed by atoms with E-state index in [-0.39, 0.29) is 0 Å². The summed E-state index contributed by atoms with van der Waals surface area (Å²) in [5.74, 6) is 5.50. The molecule has 0 spiro atoms. The Bertz CT molecular complexity index is 1310. The summed E-state index contributed by atoms with van der Waals surface area (Å²) >= 11 is 0. The van der Waals surface area contributed by atoms with Gasteiger partial charge in [0.1, 0.15) is 11.5 Å². The summed E-state index contributed by atoms with van der Waals surface area (Å²) in [7, 11) is 4.10. The van der Waals surface area contributed by atoms with Crippen molar-refractivity contribution in [1.82, 2.24) is 9.97 Å². The van der Waals surface area contributed by atoms with Crippen LogP contribution in [0.25, 0.3) is 0 Å². The van der Waals surface area contributed by atoms with Crippen LogP contribution in [0, 0.1) is 0 Å². The maximum atomic E-state index is 5.88. The van der Waals surface area contributed by atoms with Gasteiger partial charge in [0.25, 0.3) is 0 Å². The second-order valence-electron chi connectivity index (χ2n) is 11.3. The molecule has 0 fully saturated rings. The Kier molecular flexibility index (Phi) is 18.8. The number of hydrogen-bond donors (Lipinski definition) is 0. The van der Waals surface area contributed by atoms with Crippen molar-refractivity contribution >= 4 is 44.6 Å². The molecule has 0 N–H and O–H groups in total. The van der Waals surface area contributed by atoms with Crippen molar-refractivity contribution in [2.45, 2.75) is 77.0 Å². The highest BCUT2D eigenvalue weighted by atomic mass is 33.1. The van der Waals surface area contributed by atoms with Crippen LogP contribution in [0.5, 0.6) is 11.5 Å². The number of pyridine rings is 2. The molecule has 48 heavy (non-hydrogen) atoms. The molecule has 0 atom stereocenters. The van der Waals surface area contributed by atoms with Crippen molar-refractivity contribution in [2.75, 3.05) is 24.7 Å². The largest absolute Gasteiger partial charge is 0.494 e. The summed E-state index contributed by atoms with van der Waals surface area (Å²) < 4.78 is 11.8. The highest BCUT2D eigenvalue weighted by molar-refractivity contribution is 8.76. The Hall–Kier alpha value is -3.76. The average Bonchev–Trinajstić information content (AvgIpc) is 3.14. The predicted octanol–water partition coefficient (Wildman–Crippen LogP) is 12.8. The number of ether oxygens (including phenoxy) is 2. The van der Waals surface area contributed by atoms with Crippen molar-refractivity contribution in [1.29, 1.82) is 0 Å². The van der Waals surface area contributed by atoms with Crippen LogP contribution in [0.4, 0.5) is 23.0 Å². The fraction of sp³-hybridized carbons (Fsp3) is 0.421. The van der Waals surface area contributed by atoms with E-state index in [9.17, 15) is 0 Å². The van der Waals surface area contributed by atoms with Gasteiger partial charge in [-0.3, -0.25) is 0 Å². The highest BCUT2D eigenvalue weighted by Gasteiger charge is 1.99. The number of benzene rings is 2. The molecule has 0 aliphatic rings. The Morgan fingerprint density at radius 2 is 0.812 bits per heavy atom. The normalized spacial score (nSPS) is 11.4. The maximum absolute atomic E-state index is 5.88. The van der Waals surface area contributed by atoms with Gasteiger partial charge in [-0.1, -0.05) is 85.1 Å². The number of aromatic nitrogens is 2. The van der Waals surface area contributed by atoms with Crippen molar-refractivity contribution in [3.8, 4) is 11.5 Å². The minimum atomic E-state index is 0.602. The minimum absolute atomic E-state index is 0.602. The van der Waals surface area contributed by atoms with E-state index in [0.717, 1.165) is 48.9 Å². The van der Waals surface area contributed by atoms with Gasteiger partial charge in [-0.05, 0) is 98.5 Å². The Morgan fingerprint density at radius 3 is 1.21 bits per heavy atom. The van der Waals surface area contributed by atoms with E-state index < -0.39 is 0 Å². The summed E-state index contributed by atoms with van der Waals surface area (Å²) in [5.41, 5.74) is 1.58. The first-order valence-corrected chi connectivity index (χ1v) is 19.7. The molecule has 4 aromatic rings. The molecule has 10 heteroatoms. The van der Waals surface area contributed by atoms with E-state index in [0.29, 0.717) is 11.6 Å². The lowest BCUT2D eigenvalue weighted by Crippen LogP contribution is -1.97. The Balaban J connectivity index is 0.857. The second kappa shape index (κ2) is 24.4. The number of azo groups is 2. The highest BCUT2D eigenvalue weighted by Crippen LogP contribution is 2.25. The fourth-order valence-electron chi connectivity index (χ4n) is 4.70. The molecule has 0 aliphatic carbocycles. The van der Waals surface area contributed by atoms with Gasteiger partial charge in [-0.15, -0.1) is 20.5 Å². The fourth-order valence-corrected chi connectivity index (χ4v) is 6.99. The Morgan fingerprint density at radius 1 is 0.417 bits per heavy atom. The van der Waals surface area contributed by atoms with Crippen molar-refractivity contribution < 1.29 is 9.47 Å². The molecule has 2 aromatic carbocycles. The van der Waals surface area contributed by atoms with E-state index in [1.807, 2.05) is 84.9 Å². The summed E-state index contributed by atoms with van der Waals surface area (Å²) in [4.78, 5) is 8.29. The maximum Gasteiger partial charge on any atom is 0.174 e. The smallest absolute Gasteiger partial charge is 0.174 e. The molecule has 0 saturated heterocycles. The zero-order valence-electron chi connectivity index (χ0n) is 27.9. The molecule has 254 valence electrons. The van der Waals surface area contributed by atoms with E-state index in [1.165, 1.54) is 75.7 Å². The number of nitrogens with zero attached hydrogens (tertiary/aromatic N) is 6. The SMILES string of the molecule is c1ccc(N=Nc2ccc(OCCCCCCCCSSCCCCCCCCOc3ccc(N=Nc4ccccn4)cc3)cc2)nc1. The predicted molar refractivity (Wildman–Crippen MR) is 201 cm³/mol. The summed E-state index contributed by atoms with van der Waals surface area (Å²) in [6.07, 6.45) is 18.6. The van der Waals surface area contributed by atoms with Gasteiger partial charge < -0.3 is 9.47 Å². The number of unbranched alkanes of at least 4 members (excludes halogenated alkanes) is 10. The first-order valence-electron chi connectivity index (χ1n) is 17.2. The van der Waals surface area contributed by atoms with Crippen LogP contribution in [0.3, 0.4) is 0 Å². The molecule has 2 aromatic heterocycles. The van der Waals surface area contributed by atoms with Gasteiger partial charge in [0.05, 0.1) is 24.6 Å². The third-order valence-electron chi connectivity index (χ3n) is 7.37. The van der Waals surface area contributed by atoms with Crippen LogP contribution in [0.15, 0.2) is 118 Å². The van der Waals surface area contributed by atoms with Gasteiger partial charge in [-0.2, -0.15) is 0 Å². The lowest BCUT2D eigenvalue weighted by molar-refractivity contribution is 0.304. The summed E-state index contributed by atoms with van der Waals surface area (Å²) in [6.45, 7) is 1.52. The Labute approximate surface area is 294 Å².